The minimum Gasteiger partial charge on any atom is -0.497 e. The molecular formula is C32H54O6Si. The maximum Gasteiger partial charge on any atom is 0.191 e. The molecule has 0 saturated carbocycles. The van der Waals surface area contributed by atoms with Crippen molar-refractivity contribution in [1.29, 1.82) is 0 Å². The van der Waals surface area contributed by atoms with Crippen molar-refractivity contribution in [2.75, 3.05) is 34.2 Å². The van der Waals surface area contributed by atoms with E-state index in [4.69, 9.17) is 28.1 Å². The van der Waals surface area contributed by atoms with Gasteiger partial charge in [0, 0.05) is 13.7 Å². The van der Waals surface area contributed by atoms with Crippen molar-refractivity contribution in [3.8, 4) is 5.75 Å². The van der Waals surface area contributed by atoms with Gasteiger partial charge in [-0.05, 0) is 73.9 Å². The minimum absolute atomic E-state index is 0.0953. The summed E-state index contributed by atoms with van der Waals surface area (Å²) in [6, 6.07) is 7.91. The van der Waals surface area contributed by atoms with E-state index in [-0.39, 0.29) is 30.1 Å². The van der Waals surface area contributed by atoms with Crippen LogP contribution in [0.2, 0.25) is 18.1 Å². The van der Waals surface area contributed by atoms with Gasteiger partial charge < -0.3 is 28.1 Å². The molecule has 0 spiro atoms. The van der Waals surface area contributed by atoms with E-state index in [2.05, 4.69) is 59.5 Å². The van der Waals surface area contributed by atoms with Crippen LogP contribution < -0.4 is 4.74 Å². The molecule has 0 fully saturated rings. The summed E-state index contributed by atoms with van der Waals surface area (Å²) in [6.45, 7) is 20.1. The van der Waals surface area contributed by atoms with Gasteiger partial charge in [0.05, 0.1) is 38.6 Å². The highest BCUT2D eigenvalue weighted by atomic mass is 28.4. The first-order valence-electron chi connectivity index (χ1n) is 14.4. The predicted molar refractivity (Wildman–Crippen MR) is 162 cm³/mol. The van der Waals surface area contributed by atoms with Crippen LogP contribution in [0.15, 0.2) is 48.6 Å². The van der Waals surface area contributed by atoms with Crippen LogP contribution in [0, 0.1) is 5.92 Å². The molecule has 0 aliphatic carbocycles. The van der Waals surface area contributed by atoms with Crippen LogP contribution >= 0.6 is 0 Å². The fourth-order valence-electron chi connectivity index (χ4n) is 4.48. The summed E-state index contributed by atoms with van der Waals surface area (Å²) in [7, 11) is 1.58. The molecule has 1 aliphatic rings. The van der Waals surface area contributed by atoms with Gasteiger partial charge in [0.15, 0.2) is 8.32 Å². The van der Waals surface area contributed by atoms with Gasteiger partial charge in [-0.15, -0.1) is 0 Å². The summed E-state index contributed by atoms with van der Waals surface area (Å²) in [5.74, 6) is 1.31. The smallest absolute Gasteiger partial charge is 0.191 e. The summed E-state index contributed by atoms with van der Waals surface area (Å²) >= 11 is 0. The summed E-state index contributed by atoms with van der Waals surface area (Å²) < 4.78 is 35.0. The third-order valence-electron chi connectivity index (χ3n) is 7.76. The first-order valence-corrected chi connectivity index (χ1v) is 17.3. The topological polar surface area (TPSA) is 55.4 Å². The van der Waals surface area contributed by atoms with Crippen LogP contribution in [-0.2, 0) is 30.0 Å². The van der Waals surface area contributed by atoms with Gasteiger partial charge >= 0.3 is 0 Å². The standard InChI is InChI=1S/C32H54O6Si/c1-25(20-30-12-10-11-29(38-30)17-18-37-39(8,9)32(3,4)5)19-26(2)21-31(36-24-33-6)23-35-22-27-13-15-28(34-7)16-14-27/h10-11,13-16,25,29-31H,2,12,17-24H2,1,3-9H3/t25-,29-,30-,31-/m0/s1. The zero-order valence-corrected chi connectivity index (χ0v) is 26.8. The van der Waals surface area contributed by atoms with E-state index in [9.17, 15) is 0 Å². The van der Waals surface area contributed by atoms with Gasteiger partial charge in [0.25, 0.3) is 0 Å². The second kappa shape index (κ2) is 16.7. The highest BCUT2D eigenvalue weighted by Gasteiger charge is 2.37. The third-order valence-corrected chi connectivity index (χ3v) is 12.3. The molecule has 0 N–H and O–H groups in total. The summed E-state index contributed by atoms with van der Waals surface area (Å²) in [4.78, 5) is 0. The molecule has 6 nitrogen and oxygen atoms in total. The van der Waals surface area contributed by atoms with Gasteiger partial charge in [0.1, 0.15) is 12.5 Å². The van der Waals surface area contributed by atoms with Gasteiger partial charge in [-0.2, -0.15) is 0 Å². The van der Waals surface area contributed by atoms with Crippen LogP contribution in [0.3, 0.4) is 0 Å². The average molecular weight is 563 g/mol. The largest absolute Gasteiger partial charge is 0.497 e. The van der Waals surface area contributed by atoms with Gasteiger partial charge in [-0.25, -0.2) is 0 Å². The second-order valence-corrected chi connectivity index (χ2v) is 17.2. The number of benzene rings is 1. The van der Waals surface area contributed by atoms with Crippen LogP contribution in [0.5, 0.6) is 5.75 Å². The Morgan fingerprint density at radius 3 is 2.49 bits per heavy atom. The van der Waals surface area contributed by atoms with E-state index in [1.807, 2.05) is 24.3 Å². The van der Waals surface area contributed by atoms with Gasteiger partial charge in [-0.3, -0.25) is 0 Å². The highest BCUT2D eigenvalue weighted by Crippen LogP contribution is 2.36. The molecule has 1 heterocycles. The lowest BCUT2D eigenvalue weighted by Gasteiger charge is -2.36. The minimum atomic E-state index is -1.72. The normalized spacial score (nSPS) is 19.6. The Labute approximate surface area is 239 Å². The van der Waals surface area contributed by atoms with Crippen LogP contribution in [0.1, 0.15) is 65.4 Å². The van der Waals surface area contributed by atoms with E-state index in [1.54, 1.807) is 14.2 Å². The van der Waals surface area contributed by atoms with E-state index < -0.39 is 8.32 Å². The Kier molecular flexibility index (Phi) is 14.4. The lowest BCUT2D eigenvalue weighted by atomic mass is 9.92. The fourth-order valence-corrected chi connectivity index (χ4v) is 5.54. The molecular weight excluding hydrogens is 508 g/mol. The number of rotatable bonds is 18. The Balaban J connectivity index is 1.74. The zero-order valence-electron chi connectivity index (χ0n) is 25.8. The lowest BCUT2D eigenvalue weighted by molar-refractivity contribution is -0.0984. The maximum atomic E-state index is 6.43. The zero-order chi connectivity index (χ0) is 28.9. The number of ether oxygens (including phenoxy) is 5. The average Bonchev–Trinajstić information content (AvgIpc) is 2.87. The number of hydrogen-bond donors (Lipinski definition) is 0. The van der Waals surface area contributed by atoms with E-state index in [0.29, 0.717) is 19.1 Å². The molecule has 0 radical (unpaired) electrons. The van der Waals surface area contributed by atoms with Gasteiger partial charge in [-0.1, -0.05) is 64.1 Å². The SMILES string of the molecule is C=C(C[C@H](C)C[C@@H]1CC=C[C@@H](CCO[Si](C)(C)C(C)(C)C)O1)C[C@@H](COCc1ccc(OC)cc1)OCOC. The second-order valence-electron chi connectivity index (χ2n) is 12.4. The van der Waals surface area contributed by atoms with E-state index in [0.717, 1.165) is 50.0 Å². The van der Waals surface area contributed by atoms with Crippen LogP contribution in [0.4, 0.5) is 0 Å². The van der Waals surface area contributed by atoms with Crippen molar-refractivity contribution in [3.05, 3.63) is 54.1 Å². The van der Waals surface area contributed by atoms with Crippen LogP contribution in [0.25, 0.3) is 0 Å². The molecule has 39 heavy (non-hydrogen) atoms. The molecule has 2 rings (SSSR count). The van der Waals surface area contributed by atoms with Crippen molar-refractivity contribution >= 4 is 8.32 Å². The first-order chi connectivity index (χ1) is 18.4. The number of methoxy groups -OCH3 is 2. The lowest BCUT2D eigenvalue weighted by Crippen LogP contribution is -2.41. The van der Waals surface area contributed by atoms with E-state index in [1.165, 1.54) is 5.57 Å². The summed E-state index contributed by atoms with van der Waals surface area (Å²) in [5.41, 5.74) is 2.27. The van der Waals surface area contributed by atoms with E-state index >= 15 is 0 Å². The third kappa shape index (κ3) is 12.7. The Bertz CT molecular complexity index is 860. The molecule has 0 saturated heterocycles. The predicted octanol–water partition coefficient (Wildman–Crippen LogP) is 7.69. The molecule has 0 amide bonds. The highest BCUT2D eigenvalue weighted by molar-refractivity contribution is 6.74. The molecule has 0 aromatic heterocycles. The van der Waals surface area contributed by atoms with Crippen molar-refractivity contribution in [3.63, 3.8) is 0 Å². The molecule has 4 atom stereocenters. The van der Waals surface area contributed by atoms with Crippen molar-refractivity contribution in [1.82, 2.24) is 0 Å². The van der Waals surface area contributed by atoms with Crippen molar-refractivity contribution in [2.24, 2.45) is 5.92 Å². The molecule has 0 unspecified atom stereocenters. The number of hydrogen-bond acceptors (Lipinski definition) is 6. The molecule has 7 heteroatoms. The van der Waals surface area contributed by atoms with Crippen molar-refractivity contribution in [2.45, 2.75) is 103 Å². The Morgan fingerprint density at radius 2 is 1.85 bits per heavy atom. The quantitative estimate of drug-likeness (QED) is 0.104. The van der Waals surface area contributed by atoms with Crippen molar-refractivity contribution < 1.29 is 28.1 Å². The molecule has 1 aromatic carbocycles. The molecule has 1 aromatic rings. The maximum absolute atomic E-state index is 6.43. The monoisotopic (exact) mass is 562 g/mol. The molecule has 222 valence electrons. The fraction of sp³-hybridized carbons (Fsp3) is 0.688. The Morgan fingerprint density at radius 1 is 1.13 bits per heavy atom. The van der Waals surface area contributed by atoms with Crippen LogP contribution in [-0.4, -0.2) is 60.9 Å². The van der Waals surface area contributed by atoms with Gasteiger partial charge in [0.2, 0.25) is 0 Å². The molecule has 1 aliphatic heterocycles. The first kappa shape index (κ1) is 33.7. The Hall–Kier alpha value is -1.48. The summed E-state index contributed by atoms with van der Waals surface area (Å²) in [5, 5.41) is 0.229. The molecule has 0 bridgehead atoms. The summed E-state index contributed by atoms with van der Waals surface area (Å²) in [6.07, 6.45) is 9.35.